The molecule has 114 valence electrons. The molecule has 0 N–H and O–H groups in total. The first-order chi connectivity index (χ1) is 10.8. The summed E-state index contributed by atoms with van der Waals surface area (Å²) in [5.41, 5.74) is 2.18. The van der Waals surface area contributed by atoms with Crippen LogP contribution in [0.3, 0.4) is 0 Å². The predicted molar refractivity (Wildman–Crippen MR) is 83.7 cm³/mol. The Balaban J connectivity index is 1.40. The molecule has 0 unspecified atom stereocenters. The number of pyridine rings is 1. The van der Waals surface area contributed by atoms with Crippen molar-refractivity contribution in [3.05, 3.63) is 48.8 Å². The van der Waals surface area contributed by atoms with Crippen molar-refractivity contribution in [3.8, 4) is 16.9 Å². The third-order valence-electron chi connectivity index (χ3n) is 3.62. The molecule has 0 aliphatic heterocycles. The molecule has 0 atom stereocenters. The topological polar surface area (TPSA) is 48.4 Å². The highest BCUT2D eigenvalue weighted by Crippen LogP contribution is 2.29. The Hall–Kier alpha value is -2.20. The quantitative estimate of drug-likeness (QED) is 0.702. The maximum atomic E-state index is 11.4. The monoisotopic (exact) mass is 297 g/mol. The van der Waals surface area contributed by atoms with Gasteiger partial charge in [0, 0.05) is 18.3 Å². The van der Waals surface area contributed by atoms with Crippen LogP contribution in [-0.4, -0.2) is 30.6 Å². The second kappa shape index (κ2) is 7.18. The molecule has 1 fully saturated rings. The van der Waals surface area contributed by atoms with Crippen LogP contribution in [0, 0.1) is 5.92 Å². The Bertz CT molecular complexity index is 606. The van der Waals surface area contributed by atoms with Gasteiger partial charge in [0.15, 0.2) is 5.78 Å². The van der Waals surface area contributed by atoms with Gasteiger partial charge in [-0.05, 0) is 42.2 Å². The molecule has 22 heavy (non-hydrogen) atoms. The number of aromatic nitrogens is 1. The van der Waals surface area contributed by atoms with E-state index in [1.54, 1.807) is 6.20 Å². The van der Waals surface area contributed by atoms with E-state index in [0.717, 1.165) is 29.7 Å². The lowest BCUT2D eigenvalue weighted by atomic mass is 10.1. The summed E-state index contributed by atoms with van der Waals surface area (Å²) in [4.78, 5) is 15.5. The molecule has 1 aromatic carbocycles. The largest absolute Gasteiger partial charge is 0.491 e. The standard InChI is InChI=1S/C18H19NO3/c20-18(15-3-4-15)13-21-10-11-22-17-7-5-14(6-8-17)16-2-1-9-19-12-16/h1-2,5-9,12,15H,3-4,10-11,13H2. The third-order valence-corrected chi connectivity index (χ3v) is 3.62. The fourth-order valence-electron chi connectivity index (χ4n) is 2.19. The molecule has 0 radical (unpaired) electrons. The first-order valence-corrected chi connectivity index (χ1v) is 7.56. The molecule has 2 aromatic rings. The molecule has 1 aliphatic rings. The average Bonchev–Trinajstić information content (AvgIpc) is 3.41. The Labute approximate surface area is 130 Å². The van der Waals surface area contributed by atoms with Crippen molar-refractivity contribution in [1.29, 1.82) is 0 Å². The normalized spacial score (nSPS) is 13.8. The highest BCUT2D eigenvalue weighted by atomic mass is 16.5. The van der Waals surface area contributed by atoms with Gasteiger partial charge in [-0.1, -0.05) is 18.2 Å². The predicted octanol–water partition coefficient (Wildman–Crippen LogP) is 3.12. The van der Waals surface area contributed by atoms with Crippen LogP contribution in [0.5, 0.6) is 5.75 Å². The smallest absolute Gasteiger partial charge is 0.161 e. The zero-order valence-corrected chi connectivity index (χ0v) is 12.4. The van der Waals surface area contributed by atoms with Crippen LogP contribution in [-0.2, 0) is 9.53 Å². The highest BCUT2D eigenvalue weighted by molar-refractivity contribution is 5.84. The van der Waals surface area contributed by atoms with E-state index < -0.39 is 0 Å². The van der Waals surface area contributed by atoms with Crippen molar-refractivity contribution in [2.24, 2.45) is 5.92 Å². The average molecular weight is 297 g/mol. The summed E-state index contributed by atoms with van der Waals surface area (Å²) in [6.07, 6.45) is 5.65. The molecule has 0 amide bonds. The molecule has 1 aliphatic carbocycles. The van der Waals surface area contributed by atoms with E-state index in [2.05, 4.69) is 4.98 Å². The van der Waals surface area contributed by atoms with Gasteiger partial charge in [0.1, 0.15) is 19.0 Å². The van der Waals surface area contributed by atoms with Crippen LogP contribution >= 0.6 is 0 Å². The number of ether oxygens (including phenoxy) is 2. The van der Waals surface area contributed by atoms with Crippen molar-refractivity contribution < 1.29 is 14.3 Å². The second-order valence-corrected chi connectivity index (χ2v) is 5.41. The summed E-state index contributed by atoms with van der Waals surface area (Å²) in [6.45, 7) is 1.10. The molecular weight excluding hydrogens is 278 g/mol. The van der Waals surface area contributed by atoms with Crippen molar-refractivity contribution in [3.63, 3.8) is 0 Å². The van der Waals surface area contributed by atoms with E-state index in [4.69, 9.17) is 9.47 Å². The Morgan fingerprint density at radius 1 is 1.09 bits per heavy atom. The molecule has 4 nitrogen and oxygen atoms in total. The lowest BCUT2D eigenvalue weighted by Crippen LogP contribution is -2.14. The van der Waals surface area contributed by atoms with Gasteiger partial charge >= 0.3 is 0 Å². The summed E-state index contributed by atoms with van der Waals surface area (Å²) in [6, 6.07) is 11.8. The first-order valence-electron chi connectivity index (χ1n) is 7.56. The zero-order chi connectivity index (χ0) is 15.2. The van der Waals surface area contributed by atoms with Gasteiger partial charge < -0.3 is 9.47 Å². The Morgan fingerprint density at radius 3 is 2.59 bits per heavy atom. The van der Waals surface area contributed by atoms with Gasteiger partial charge in [0.2, 0.25) is 0 Å². The van der Waals surface area contributed by atoms with Gasteiger partial charge in [-0.2, -0.15) is 0 Å². The lowest BCUT2D eigenvalue weighted by molar-refractivity contribution is -0.125. The number of carbonyl (C=O) groups is 1. The number of benzene rings is 1. The van der Waals surface area contributed by atoms with Gasteiger partial charge in [-0.15, -0.1) is 0 Å². The van der Waals surface area contributed by atoms with Crippen LogP contribution < -0.4 is 4.74 Å². The molecule has 4 heteroatoms. The van der Waals surface area contributed by atoms with E-state index in [1.165, 1.54) is 0 Å². The molecule has 1 aromatic heterocycles. The summed E-state index contributed by atoms with van der Waals surface area (Å²) < 4.78 is 10.9. The maximum Gasteiger partial charge on any atom is 0.161 e. The summed E-state index contributed by atoms with van der Waals surface area (Å²) >= 11 is 0. The van der Waals surface area contributed by atoms with Gasteiger partial charge in [0.25, 0.3) is 0 Å². The SMILES string of the molecule is O=C(COCCOc1ccc(-c2cccnc2)cc1)C1CC1. The van der Waals surface area contributed by atoms with Gasteiger partial charge in [0.05, 0.1) is 6.61 Å². The van der Waals surface area contributed by atoms with Gasteiger partial charge in [-0.25, -0.2) is 0 Å². The lowest BCUT2D eigenvalue weighted by Gasteiger charge is -2.08. The number of rotatable bonds is 8. The molecule has 0 spiro atoms. The van der Waals surface area contributed by atoms with Crippen LogP contribution in [0.15, 0.2) is 48.8 Å². The minimum absolute atomic E-state index is 0.216. The summed E-state index contributed by atoms with van der Waals surface area (Å²) in [7, 11) is 0. The summed E-state index contributed by atoms with van der Waals surface area (Å²) in [5.74, 6) is 1.28. The number of Topliss-reactive ketones (excluding diaryl/α,β-unsaturated/α-hetero) is 1. The molecule has 0 saturated heterocycles. The zero-order valence-electron chi connectivity index (χ0n) is 12.4. The molecule has 1 heterocycles. The van der Waals surface area contributed by atoms with Crippen molar-refractivity contribution in [1.82, 2.24) is 4.98 Å². The first kappa shape index (κ1) is 14.7. The highest BCUT2D eigenvalue weighted by Gasteiger charge is 2.28. The third kappa shape index (κ3) is 4.15. The number of hydrogen-bond donors (Lipinski definition) is 0. The molecular formula is C18H19NO3. The van der Waals surface area contributed by atoms with E-state index in [9.17, 15) is 4.79 Å². The number of nitrogens with zero attached hydrogens (tertiary/aromatic N) is 1. The Morgan fingerprint density at radius 2 is 1.91 bits per heavy atom. The van der Waals surface area contributed by atoms with Crippen LogP contribution in [0.25, 0.3) is 11.1 Å². The molecule has 1 saturated carbocycles. The van der Waals surface area contributed by atoms with E-state index in [-0.39, 0.29) is 18.3 Å². The van der Waals surface area contributed by atoms with Crippen LogP contribution in [0.2, 0.25) is 0 Å². The van der Waals surface area contributed by atoms with Gasteiger partial charge in [-0.3, -0.25) is 9.78 Å². The van der Waals surface area contributed by atoms with E-state index in [1.807, 2.05) is 42.6 Å². The number of carbonyl (C=O) groups excluding carboxylic acids is 1. The number of hydrogen-bond acceptors (Lipinski definition) is 4. The fourth-order valence-corrected chi connectivity index (χ4v) is 2.19. The minimum atomic E-state index is 0.216. The minimum Gasteiger partial charge on any atom is -0.491 e. The molecule has 0 bridgehead atoms. The van der Waals surface area contributed by atoms with Crippen molar-refractivity contribution >= 4 is 5.78 Å². The number of ketones is 1. The van der Waals surface area contributed by atoms with E-state index >= 15 is 0 Å². The van der Waals surface area contributed by atoms with Crippen molar-refractivity contribution in [2.45, 2.75) is 12.8 Å². The second-order valence-electron chi connectivity index (χ2n) is 5.41. The van der Waals surface area contributed by atoms with Crippen LogP contribution in [0.1, 0.15) is 12.8 Å². The maximum absolute atomic E-state index is 11.4. The molecule has 3 rings (SSSR count). The van der Waals surface area contributed by atoms with Crippen LogP contribution in [0.4, 0.5) is 0 Å². The Kier molecular flexibility index (Phi) is 4.81. The van der Waals surface area contributed by atoms with E-state index in [0.29, 0.717) is 13.2 Å². The van der Waals surface area contributed by atoms with Crippen molar-refractivity contribution in [2.75, 3.05) is 19.8 Å². The fraction of sp³-hybridized carbons (Fsp3) is 0.333. The summed E-state index contributed by atoms with van der Waals surface area (Å²) in [5, 5.41) is 0.